The molecule has 2 aliphatic heterocycles. The van der Waals surface area contributed by atoms with Crippen molar-refractivity contribution in [3.8, 4) is 0 Å². The Kier molecular flexibility index (Phi) is 21.7. The van der Waals surface area contributed by atoms with Gasteiger partial charge in [-0.1, -0.05) is 196 Å². The second-order valence-corrected chi connectivity index (χ2v) is 27.9. The Morgan fingerprint density at radius 3 is 1.21 bits per heavy atom. The standard InChI is InChI=1S/C66H70O13SSi/c1-81(2,3)40-39-80-66-61(79-64(69)53-37-23-10-24-38-53)59(78-63(68)52-35-21-9-22-36-52)57(77-62(67)51-33-19-8-20-34-51)55(76-66)46-74-65-60(73-44-50-31-17-7-18-32-50)58(72-43-49-29-15-6-16-30-49)56(71-42-48-27-13-5-14-28-48)54(75-65)45-70-41-47-25-11-4-12-26-47/h4-38,54-61,65-66H,39-46H2,1-3H3/t54-,55-,56+,57+,58+,59+,60-,61-,65+,66+/m1/s1. The molecule has 0 amide bonds. The first-order valence-electron chi connectivity index (χ1n) is 27.4. The molecule has 422 valence electrons. The summed E-state index contributed by atoms with van der Waals surface area (Å²) in [5.41, 5.74) is 3.54. The topological polar surface area (TPSA) is 144 Å². The first-order chi connectivity index (χ1) is 39.5. The normalized spacial score (nSPS) is 22.8. The van der Waals surface area contributed by atoms with E-state index >= 15 is 0 Å². The van der Waals surface area contributed by atoms with Gasteiger partial charge < -0.3 is 47.4 Å². The SMILES string of the molecule is C[Si](C)(C)CCS[C@@H]1O[C@H](CO[C@H]2O[C@H](COCc3ccccc3)[C@H](OCc3ccccc3)[C@H](OCc3ccccc3)[C@H]2OCc2ccccc2)[C@H](OC(=O)c2ccccc2)[C@H](OC(=O)c2ccccc2)[C@H]1OC(=O)c1ccccc1. The van der Waals surface area contributed by atoms with Crippen LogP contribution in [0.2, 0.25) is 25.7 Å². The lowest BCUT2D eigenvalue weighted by atomic mass is 9.97. The zero-order chi connectivity index (χ0) is 56.2. The number of carbonyl (C=O) groups is 3. The Labute approximate surface area is 480 Å². The van der Waals surface area contributed by atoms with Gasteiger partial charge in [-0.25, -0.2) is 14.4 Å². The van der Waals surface area contributed by atoms with E-state index in [1.807, 2.05) is 121 Å². The molecule has 10 atom stereocenters. The summed E-state index contributed by atoms with van der Waals surface area (Å²) in [4.78, 5) is 43.2. The highest BCUT2D eigenvalue weighted by Gasteiger charge is 2.55. The van der Waals surface area contributed by atoms with Crippen molar-refractivity contribution in [2.75, 3.05) is 19.0 Å². The number of ether oxygens (including phenoxy) is 10. The summed E-state index contributed by atoms with van der Waals surface area (Å²) in [5, 5.41) is 0. The van der Waals surface area contributed by atoms with Crippen molar-refractivity contribution in [1.82, 2.24) is 0 Å². The number of hydrogen-bond donors (Lipinski definition) is 0. The molecular weight excluding hydrogens is 1060 g/mol. The molecule has 0 radical (unpaired) electrons. The fraction of sp³-hybridized carbons (Fsp3) is 0.318. The monoisotopic (exact) mass is 1130 g/mol. The number of benzene rings is 7. The predicted octanol–water partition coefficient (Wildman–Crippen LogP) is 12.2. The lowest BCUT2D eigenvalue weighted by Crippen LogP contribution is -2.64. The highest BCUT2D eigenvalue weighted by atomic mass is 32.2. The lowest BCUT2D eigenvalue weighted by molar-refractivity contribution is -0.335. The molecular formula is C66H70O13SSi. The molecule has 13 nitrogen and oxygen atoms in total. The van der Waals surface area contributed by atoms with E-state index in [-0.39, 0.29) is 49.7 Å². The van der Waals surface area contributed by atoms with E-state index in [1.165, 1.54) is 11.8 Å². The minimum atomic E-state index is -1.63. The maximum absolute atomic E-state index is 14.5. The van der Waals surface area contributed by atoms with Gasteiger partial charge in [0.2, 0.25) is 0 Å². The van der Waals surface area contributed by atoms with Gasteiger partial charge in [0.05, 0.1) is 56.3 Å². The summed E-state index contributed by atoms with van der Waals surface area (Å²) < 4.78 is 68.0. The molecule has 2 fully saturated rings. The fourth-order valence-electron chi connectivity index (χ4n) is 9.40. The van der Waals surface area contributed by atoms with Gasteiger partial charge in [-0.05, 0) is 70.4 Å². The molecule has 15 heteroatoms. The summed E-state index contributed by atoms with van der Waals surface area (Å²) in [5.74, 6) is -1.51. The number of carbonyl (C=O) groups excluding carboxylic acids is 3. The van der Waals surface area contributed by atoms with Crippen molar-refractivity contribution in [1.29, 1.82) is 0 Å². The molecule has 0 saturated carbocycles. The highest BCUT2D eigenvalue weighted by Crippen LogP contribution is 2.38. The van der Waals surface area contributed by atoms with Gasteiger partial charge >= 0.3 is 17.9 Å². The Morgan fingerprint density at radius 1 is 0.395 bits per heavy atom. The quantitative estimate of drug-likeness (QED) is 0.0288. The fourth-order valence-corrected chi connectivity index (χ4v) is 13.2. The molecule has 2 aliphatic rings. The third-order valence-corrected chi connectivity index (χ3v) is 17.0. The van der Waals surface area contributed by atoms with Crippen LogP contribution in [-0.4, -0.2) is 106 Å². The van der Waals surface area contributed by atoms with Crippen molar-refractivity contribution in [2.24, 2.45) is 0 Å². The van der Waals surface area contributed by atoms with Crippen molar-refractivity contribution in [3.63, 3.8) is 0 Å². The summed E-state index contributed by atoms with van der Waals surface area (Å²) in [6, 6.07) is 65.8. The first-order valence-corrected chi connectivity index (χ1v) is 32.2. The molecule has 0 N–H and O–H groups in total. The third kappa shape index (κ3) is 17.4. The van der Waals surface area contributed by atoms with Gasteiger partial charge in [0.15, 0.2) is 24.6 Å². The van der Waals surface area contributed by atoms with Gasteiger partial charge in [-0.3, -0.25) is 0 Å². The zero-order valence-corrected chi connectivity index (χ0v) is 47.7. The number of hydrogen-bond acceptors (Lipinski definition) is 14. The van der Waals surface area contributed by atoms with Crippen LogP contribution in [0.25, 0.3) is 0 Å². The van der Waals surface area contributed by atoms with E-state index in [4.69, 9.17) is 47.4 Å². The lowest BCUT2D eigenvalue weighted by Gasteiger charge is -2.47. The van der Waals surface area contributed by atoms with Crippen molar-refractivity contribution >= 4 is 37.7 Å². The van der Waals surface area contributed by atoms with Crippen LogP contribution < -0.4 is 0 Å². The molecule has 2 heterocycles. The third-order valence-electron chi connectivity index (χ3n) is 13.7. The minimum absolute atomic E-state index is 0.0732. The molecule has 0 aliphatic carbocycles. The average molecular weight is 1130 g/mol. The molecule has 0 spiro atoms. The summed E-state index contributed by atoms with van der Waals surface area (Å²) in [6.07, 6.45) is -9.80. The molecule has 7 aromatic rings. The molecule has 0 unspecified atom stereocenters. The Morgan fingerprint density at radius 2 is 0.765 bits per heavy atom. The number of esters is 3. The van der Waals surface area contributed by atoms with Gasteiger partial charge in [-0.2, -0.15) is 0 Å². The van der Waals surface area contributed by atoms with Crippen LogP contribution in [0.4, 0.5) is 0 Å². The van der Waals surface area contributed by atoms with Crippen LogP contribution in [0.1, 0.15) is 53.3 Å². The zero-order valence-electron chi connectivity index (χ0n) is 45.9. The maximum Gasteiger partial charge on any atom is 0.338 e. The molecule has 0 bridgehead atoms. The Hall–Kier alpha value is -6.76. The predicted molar refractivity (Wildman–Crippen MR) is 312 cm³/mol. The van der Waals surface area contributed by atoms with Gasteiger partial charge in [-0.15, -0.1) is 11.8 Å². The molecule has 9 rings (SSSR count). The van der Waals surface area contributed by atoms with Crippen LogP contribution in [0.15, 0.2) is 212 Å². The van der Waals surface area contributed by atoms with Crippen molar-refractivity contribution in [3.05, 3.63) is 251 Å². The van der Waals surface area contributed by atoms with Crippen LogP contribution in [0.5, 0.6) is 0 Å². The van der Waals surface area contributed by atoms with Gasteiger partial charge in [0.25, 0.3) is 0 Å². The van der Waals surface area contributed by atoms with Gasteiger partial charge in [0.1, 0.15) is 36.0 Å². The van der Waals surface area contributed by atoms with E-state index in [0.717, 1.165) is 28.3 Å². The van der Waals surface area contributed by atoms with Crippen LogP contribution in [0.3, 0.4) is 0 Å². The molecule has 7 aromatic carbocycles. The van der Waals surface area contributed by atoms with Crippen LogP contribution in [-0.2, 0) is 73.8 Å². The maximum atomic E-state index is 14.5. The van der Waals surface area contributed by atoms with Crippen molar-refractivity contribution < 1.29 is 61.8 Å². The second kappa shape index (κ2) is 29.8. The summed E-state index contributed by atoms with van der Waals surface area (Å²) in [7, 11) is -1.63. The Bertz CT molecular complexity index is 2980. The van der Waals surface area contributed by atoms with Gasteiger partial charge in [0, 0.05) is 8.07 Å². The molecule has 2 saturated heterocycles. The second-order valence-electron chi connectivity index (χ2n) is 21.1. The number of rotatable bonds is 26. The van der Waals surface area contributed by atoms with E-state index in [2.05, 4.69) is 19.6 Å². The summed E-state index contributed by atoms with van der Waals surface area (Å²) >= 11 is 1.44. The van der Waals surface area contributed by atoms with Crippen LogP contribution in [0, 0.1) is 0 Å². The highest BCUT2D eigenvalue weighted by molar-refractivity contribution is 7.99. The summed E-state index contributed by atoms with van der Waals surface area (Å²) in [6.45, 7) is 7.47. The smallest absolute Gasteiger partial charge is 0.338 e. The number of thioether (sulfide) groups is 1. The Balaban J connectivity index is 1.11. The van der Waals surface area contributed by atoms with E-state index in [9.17, 15) is 14.4 Å². The molecule has 81 heavy (non-hydrogen) atoms. The minimum Gasteiger partial charge on any atom is -0.452 e. The van der Waals surface area contributed by atoms with E-state index in [1.54, 1.807) is 91.0 Å². The largest absolute Gasteiger partial charge is 0.452 e. The average Bonchev–Trinajstić information content (AvgIpc) is 3.54. The van der Waals surface area contributed by atoms with Crippen molar-refractivity contribution in [2.45, 2.75) is 113 Å². The van der Waals surface area contributed by atoms with Crippen LogP contribution >= 0.6 is 11.8 Å². The van der Waals surface area contributed by atoms with E-state index in [0.29, 0.717) is 12.4 Å². The first kappa shape index (κ1) is 58.9. The van der Waals surface area contributed by atoms with E-state index < -0.39 is 86.5 Å². The molecule has 0 aromatic heterocycles.